The highest BCUT2D eigenvalue weighted by atomic mass is 35.5. The number of hydrogen-bond donors (Lipinski definition) is 1. The van der Waals surface area contributed by atoms with Gasteiger partial charge in [0.25, 0.3) is 0 Å². The molecule has 2 N–H and O–H groups in total. The number of pyridine rings is 1. The number of rotatable bonds is 2. The van der Waals surface area contributed by atoms with E-state index in [1.807, 2.05) is 37.5 Å². The van der Waals surface area contributed by atoms with E-state index in [0.29, 0.717) is 22.1 Å². The lowest BCUT2D eigenvalue weighted by Crippen LogP contribution is -2.01. The van der Waals surface area contributed by atoms with Gasteiger partial charge in [0.15, 0.2) is 11.0 Å². The van der Waals surface area contributed by atoms with E-state index in [4.69, 9.17) is 28.9 Å². The molecule has 0 unspecified atom stereocenters. The first-order valence-electron chi connectivity index (χ1n) is 7.40. The molecule has 4 aromatic rings. The molecule has 0 aliphatic heterocycles. The average molecular weight is 371 g/mol. The van der Waals surface area contributed by atoms with E-state index in [9.17, 15) is 0 Å². The van der Waals surface area contributed by atoms with E-state index in [1.54, 1.807) is 16.9 Å². The maximum absolute atomic E-state index is 6.40. The number of aromatic nitrogens is 5. The number of benzene rings is 1. The predicted octanol–water partition coefficient (Wildman–Crippen LogP) is 3.98. The van der Waals surface area contributed by atoms with Crippen LogP contribution < -0.4 is 5.73 Å². The molecular weight excluding hydrogens is 359 g/mol. The monoisotopic (exact) mass is 370 g/mol. The molecule has 25 heavy (non-hydrogen) atoms. The highest BCUT2D eigenvalue weighted by Crippen LogP contribution is 2.35. The van der Waals surface area contributed by atoms with Crippen LogP contribution in [0.4, 0.5) is 5.82 Å². The fraction of sp³-hybridized carbons (Fsp3) is 0.0588. The van der Waals surface area contributed by atoms with Gasteiger partial charge in [-0.15, -0.1) is 0 Å². The minimum absolute atomic E-state index is 0.136. The smallest absolute Gasteiger partial charge is 0.171 e. The van der Waals surface area contributed by atoms with E-state index >= 15 is 0 Å². The van der Waals surface area contributed by atoms with Crippen LogP contribution in [0.15, 0.2) is 42.7 Å². The second-order valence-electron chi connectivity index (χ2n) is 5.50. The fourth-order valence-electron chi connectivity index (χ4n) is 2.63. The van der Waals surface area contributed by atoms with Crippen LogP contribution in [-0.2, 0) is 7.05 Å². The number of aryl methyl sites for hydroxylation is 1. The molecule has 0 aliphatic carbocycles. The van der Waals surface area contributed by atoms with Crippen LogP contribution in [0.3, 0.4) is 0 Å². The van der Waals surface area contributed by atoms with Gasteiger partial charge in [0.1, 0.15) is 17.1 Å². The summed E-state index contributed by atoms with van der Waals surface area (Å²) in [6.07, 6.45) is 3.52. The first-order valence-corrected chi connectivity index (χ1v) is 8.16. The summed E-state index contributed by atoms with van der Waals surface area (Å²) in [6, 6.07) is 9.36. The van der Waals surface area contributed by atoms with Crippen LogP contribution in [0.1, 0.15) is 0 Å². The summed E-state index contributed by atoms with van der Waals surface area (Å²) in [4.78, 5) is 13.1. The Labute approximate surface area is 153 Å². The van der Waals surface area contributed by atoms with E-state index < -0.39 is 0 Å². The third kappa shape index (κ3) is 2.79. The highest BCUT2D eigenvalue weighted by molar-refractivity contribution is 6.35. The van der Waals surface area contributed by atoms with Crippen molar-refractivity contribution < 1.29 is 0 Å². The van der Waals surface area contributed by atoms with Crippen LogP contribution in [0.25, 0.3) is 33.5 Å². The quantitative estimate of drug-likeness (QED) is 0.576. The Hall–Kier alpha value is -2.70. The highest BCUT2D eigenvalue weighted by Gasteiger charge is 2.18. The van der Waals surface area contributed by atoms with Gasteiger partial charge < -0.3 is 5.73 Å². The van der Waals surface area contributed by atoms with Crippen molar-refractivity contribution in [1.29, 1.82) is 0 Å². The summed E-state index contributed by atoms with van der Waals surface area (Å²) in [5.41, 5.74) is 9.10. The van der Waals surface area contributed by atoms with Crippen LogP contribution in [-0.4, -0.2) is 24.7 Å². The van der Waals surface area contributed by atoms with Crippen molar-refractivity contribution in [1.82, 2.24) is 24.7 Å². The Morgan fingerprint density at radius 1 is 1.08 bits per heavy atom. The summed E-state index contributed by atoms with van der Waals surface area (Å²) in [5.74, 6) is 0.152. The summed E-state index contributed by atoms with van der Waals surface area (Å²) >= 11 is 12.5. The Morgan fingerprint density at radius 2 is 1.92 bits per heavy atom. The largest absolute Gasteiger partial charge is 0.381 e. The molecule has 4 rings (SSSR count). The minimum Gasteiger partial charge on any atom is -0.381 e. The van der Waals surface area contributed by atoms with Crippen molar-refractivity contribution in [3.8, 4) is 22.6 Å². The number of nitrogen functional groups attached to an aromatic ring is 1. The molecule has 0 atom stereocenters. The predicted molar refractivity (Wildman–Crippen MR) is 99.4 cm³/mol. The van der Waals surface area contributed by atoms with Gasteiger partial charge in [-0.25, -0.2) is 9.97 Å². The SMILES string of the molecule is Cn1ccc(-c2nc(N)c(Cl)nc2-c2cc(Cl)c3ncccc3c2)n1. The lowest BCUT2D eigenvalue weighted by Gasteiger charge is -2.10. The first kappa shape index (κ1) is 15.8. The molecule has 124 valence electrons. The van der Waals surface area contributed by atoms with Gasteiger partial charge in [-0.2, -0.15) is 5.10 Å². The number of nitrogens with zero attached hydrogens (tertiary/aromatic N) is 5. The zero-order valence-electron chi connectivity index (χ0n) is 13.1. The van der Waals surface area contributed by atoms with Crippen LogP contribution in [0.2, 0.25) is 10.2 Å². The van der Waals surface area contributed by atoms with Gasteiger partial charge in [0.2, 0.25) is 0 Å². The van der Waals surface area contributed by atoms with E-state index in [-0.39, 0.29) is 11.0 Å². The maximum atomic E-state index is 6.40. The van der Waals surface area contributed by atoms with Crippen molar-refractivity contribution in [2.45, 2.75) is 0 Å². The number of hydrogen-bond acceptors (Lipinski definition) is 5. The second-order valence-corrected chi connectivity index (χ2v) is 6.27. The van der Waals surface area contributed by atoms with Gasteiger partial charge in [-0.3, -0.25) is 9.67 Å². The zero-order chi connectivity index (χ0) is 17.6. The Morgan fingerprint density at radius 3 is 2.68 bits per heavy atom. The zero-order valence-corrected chi connectivity index (χ0v) is 14.6. The maximum Gasteiger partial charge on any atom is 0.171 e. The number of halogens is 2. The fourth-order valence-corrected chi connectivity index (χ4v) is 3.04. The molecule has 3 aromatic heterocycles. The Balaban J connectivity index is 2.00. The molecule has 0 radical (unpaired) electrons. The van der Waals surface area contributed by atoms with Gasteiger partial charge in [0, 0.05) is 30.4 Å². The molecule has 0 saturated carbocycles. The summed E-state index contributed by atoms with van der Waals surface area (Å²) in [5, 5.41) is 5.95. The third-order valence-corrected chi connectivity index (χ3v) is 4.33. The number of anilines is 1. The van der Waals surface area contributed by atoms with Crippen molar-refractivity contribution in [2.24, 2.45) is 7.05 Å². The van der Waals surface area contributed by atoms with Crippen LogP contribution in [0.5, 0.6) is 0 Å². The van der Waals surface area contributed by atoms with Crippen molar-refractivity contribution in [3.63, 3.8) is 0 Å². The topological polar surface area (TPSA) is 82.5 Å². The standard InChI is InChI=1S/C17H12Cl2N6/c1-25-6-4-12(24-25)15-14(22-16(19)17(20)23-15)10-7-9-3-2-5-21-13(9)11(18)8-10/h2-8H,1H3,(H2,20,23). The molecule has 0 saturated heterocycles. The van der Waals surface area contributed by atoms with E-state index in [0.717, 1.165) is 16.5 Å². The number of nitrogens with two attached hydrogens (primary N) is 1. The molecule has 0 aliphatic rings. The average Bonchev–Trinajstić information content (AvgIpc) is 3.03. The Bertz CT molecular complexity index is 1110. The van der Waals surface area contributed by atoms with Crippen LogP contribution in [0, 0.1) is 0 Å². The first-order chi connectivity index (χ1) is 12.0. The van der Waals surface area contributed by atoms with E-state index in [1.165, 1.54) is 0 Å². The molecule has 0 spiro atoms. The molecule has 1 aromatic carbocycles. The van der Waals surface area contributed by atoms with Gasteiger partial charge in [-0.05, 0) is 24.3 Å². The minimum atomic E-state index is 0.136. The normalized spacial score (nSPS) is 11.2. The molecule has 8 heteroatoms. The summed E-state index contributed by atoms with van der Waals surface area (Å²) < 4.78 is 1.68. The lowest BCUT2D eigenvalue weighted by molar-refractivity contribution is 0.770. The van der Waals surface area contributed by atoms with Crippen molar-refractivity contribution >= 4 is 39.9 Å². The van der Waals surface area contributed by atoms with Crippen molar-refractivity contribution in [3.05, 3.63) is 52.9 Å². The van der Waals surface area contributed by atoms with Gasteiger partial charge in [0.05, 0.1) is 10.5 Å². The van der Waals surface area contributed by atoms with Crippen molar-refractivity contribution in [2.75, 3.05) is 5.73 Å². The molecule has 0 bridgehead atoms. The summed E-state index contributed by atoms with van der Waals surface area (Å²) in [7, 11) is 1.83. The molecule has 0 fully saturated rings. The lowest BCUT2D eigenvalue weighted by atomic mass is 10.0. The second kappa shape index (κ2) is 5.98. The van der Waals surface area contributed by atoms with Crippen LogP contribution >= 0.6 is 23.2 Å². The molecule has 3 heterocycles. The summed E-state index contributed by atoms with van der Waals surface area (Å²) in [6.45, 7) is 0. The van der Waals surface area contributed by atoms with E-state index in [2.05, 4.69) is 20.1 Å². The Kier molecular flexibility index (Phi) is 3.78. The van der Waals surface area contributed by atoms with Gasteiger partial charge >= 0.3 is 0 Å². The third-order valence-electron chi connectivity index (χ3n) is 3.77. The molecule has 0 amide bonds. The molecule has 6 nitrogen and oxygen atoms in total. The molecular formula is C17H12Cl2N6. The number of fused-ring (bicyclic) bond motifs is 1. The van der Waals surface area contributed by atoms with Gasteiger partial charge in [-0.1, -0.05) is 29.3 Å².